The van der Waals surface area contributed by atoms with Crippen LogP contribution in [-0.2, 0) is 23.9 Å². The van der Waals surface area contributed by atoms with Gasteiger partial charge < -0.3 is 19.5 Å². The van der Waals surface area contributed by atoms with Gasteiger partial charge in [-0.3, -0.25) is 4.79 Å². The van der Waals surface area contributed by atoms with Gasteiger partial charge >= 0.3 is 11.9 Å². The normalized spacial score (nSPS) is 12.8. The van der Waals surface area contributed by atoms with Crippen molar-refractivity contribution in [3.8, 4) is 5.75 Å². The number of methoxy groups -OCH3 is 1. The lowest BCUT2D eigenvalue weighted by atomic mass is 9.99. The fourth-order valence-electron chi connectivity index (χ4n) is 2.29. The van der Waals surface area contributed by atoms with E-state index in [2.05, 4.69) is 19.2 Å². The third-order valence-electron chi connectivity index (χ3n) is 4.25. The first-order chi connectivity index (χ1) is 12.8. The van der Waals surface area contributed by atoms with Crippen LogP contribution in [0.15, 0.2) is 24.3 Å². The summed E-state index contributed by atoms with van der Waals surface area (Å²) in [6, 6.07) is 6.65. The molecule has 7 nitrogen and oxygen atoms in total. The van der Waals surface area contributed by atoms with Gasteiger partial charge in [0.15, 0.2) is 13.2 Å². The molecule has 0 aliphatic carbocycles. The second-order valence-electron chi connectivity index (χ2n) is 6.63. The molecule has 0 aromatic heterocycles. The van der Waals surface area contributed by atoms with E-state index in [0.29, 0.717) is 18.1 Å². The summed E-state index contributed by atoms with van der Waals surface area (Å²) in [5.41, 5.74) is 1.17. The van der Waals surface area contributed by atoms with Crippen LogP contribution < -0.4 is 10.1 Å². The fourth-order valence-corrected chi connectivity index (χ4v) is 2.29. The third-order valence-corrected chi connectivity index (χ3v) is 4.25. The van der Waals surface area contributed by atoms with Gasteiger partial charge in [0, 0.05) is 0 Å². The van der Waals surface area contributed by atoms with E-state index in [-0.39, 0.29) is 12.5 Å². The zero-order chi connectivity index (χ0) is 20.4. The Balaban J connectivity index is 2.42. The average molecular weight is 379 g/mol. The third kappa shape index (κ3) is 7.68. The van der Waals surface area contributed by atoms with E-state index in [1.54, 1.807) is 12.1 Å². The summed E-state index contributed by atoms with van der Waals surface area (Å²) in [5, 5.41) is 2.53. The van der Waals surface area contributed by atoms with Crippen LogP contribution in [0, 0.1) is 5.92 Å². The standard InChI is InChI=1S/C20H29NO6/c1-6-14(4)19(20(24)25-5)21-17(22)11-27-18(23)12-26-16-9-7-15(8-10-16)13(2)3/h7-10,13-14,19H,6,11-12H2,1-5H3,(H,21,22)/t14-,19+/m0/s1. The Morgan fingerprint density at radius 1 is 1.04 bits per heavy atom. The molecule has 0 aliphatic heterocycles. The van der Waals surface area contributed by atoms with Crippen LogP contribution in [0.5, 0.6) is 5.75 Å². The van der Waals surface area contributed by atoms with E-state index in [9.17, 15) is 14.4 Å². The van der Waals surface area contributed by atoms with Crippen molar-refractivity contribution in [3.63, 3.8) is 0 Å². The molecule has 7 heteroatoms. The van der Waals surface area contributed by atoms with Gasteiger partial charge in [0.2, 0.25) is 0 Å². The molecule has 0 bridgehead atoms. The minimum Gasteiger partial charge on any atom is -0.482 e. The molecule has 27 heavy (non-hydrogen) atoms. The molecule has 0 saturated heterocycles. The Morgan fingerprint density at radius 2 is 1.67 bits per heavy atom. The van der Waals surface area contributed by atoms with Crippen molar-refractivity contribution >= 4 is 17.8 Å². The van der Waals surface area contributed by atoms with Gasteiger partial charge in [-0.2, -0.15) is 0 Å². The molecule has 1 N–H and O–H groups in total. The highest BCUT2D eigenvalue weighted by atomic mass is 16.6. The highest BCUT2D eigenvalue weighted by molar-refractivity contribution is 5.86. The van der Waals surface area contributed by atoms with Crippen LogP contribution in [0.1, 0.15) is 45.6 Å². The van der Waals surface area contributed by atoms with E-state index in [1.165, 1.54) is 12.7 Å². The van der Waals surface area contributed by atoms with Crippen molar-refractivity contribution in [1.82, 2.24) is 5.32 Å². The first-order valence-electron chi connectivity index (χ1n) is 9.04. The van der Waals surface area contributed by atoms with Crippen molar-refractivity contribution in [2.45, 2.75) is 46.1 Å². The first kappa shape index (κ1) is 22.5. The molecule has 1 aromatic rings. The number of ether oxygens (including phenoxy) is 3. The van der Waals surface area contributed by atoms with Crippen molar-refractivity contribution in [3.05, 3.63) is 29.8 Å². The molecule has 0 radical (unpaired) electrons. The number of carbonyl (C=O) groups excluding carboxylic acids is 3. The summed E-state index contributed by atoms with van der Waals surface area (Å²) < 4.78 is 14.9. The van der Waals surface area contributed by atoms with Crippen molar-refractivity contribution in [2.75, 3.05) is 20.3 Å². The van der Waals surface area contributed by atoms with Crippen molar-refractivity contribution in [1.29, 1.82) is 0 Å². The topological polar surface area (TPSA) is 90.9 Å². The van der Waals surface area contributed by atoms with E-state index in [1.807, 2.05) is 26.0 Å². The SMILES string of the molecule is CC[C@H](C)[C@@H](NC(=O)COC(=O)COc1ccc(C(C)C)cc1)C(=O)OC. The first-order valence-corrected chi connectivity index (χ1v) is 9.04. The zero-order valence-corrected chi connectivity index (χ0v) is 16.6. The van der Waals surface area contributed by atoms with Gasteiger partial charge in [-0.15, -0.1) is 0 Å². The molecule has 1 amide bonds. The largest absolute Gasteiger partial charge is 0.482 e. The maximum Gasteiger partial charge on any atom is 0.344 e. The molecule has 150 valence electrons. The quantitative estimate of drug-likeness (QED) is 0.628. The van der Waals surface area contributed by atoms with Crippen LogP contribution in [-0.4, -0.2) is 44.2 Å². The van der Waals surface area contributed by atoms with Crippen LogP contribution in [0.2, 0.25) is 0 Å². The maximum atomic E-state index is 11.9. The Labute approximate surface area is 160 Å². The summed E-state index contributed by atoms with van der Waals surface area (Å²) in [7, 11) is 1.26. The van der Waals surface area contributed by atoms with Gasteiger partial charge in [-0.25, -0.2) is 9.59 Å². The van der Waals surface area contributed by atoms with E-state index < -0.39 is 30.5 Å². The Hall–Kier alpha value is -2.57. The highest BCUT2D eigenvalue weighted by Crippen LogP contribution is 2.18. The number of carbonyl (C=O) groups is 3. The van der Waals surface area contributed by atoms with Crippen LogP contribution in [0.4, 0.5) is 0 Å². The Kier molecular flexibility index (Phi) is 9.33. The summed E-state index contributed by atoms with van der Waals surface area (Å²) in [4.78, 5) is 35.4. The predicted octanol–water partition coefficient (Wildman–Crippen LogP) is 2.44. The number of rotatable bonds is 10. The lowest BCUT2D eigenvalue weighted by molar-refractivity contribution is -0.152. The van der Waals surface area contributed by atoms with Crippen molar-refractivity contribution in [2.24, 2.45) is 5.92 Å². The Bertz CT molecular complexity index is 626. The van der Waals surface area contributed by atoms with E-state index in [4.69, 9.17) is 14.2 Å². The van der Waals surface area contributed by atoms with Crippen molar-refractivity contribution < 1.29 is 28.6 Å². The fraction of sp³-hybridized carbons (Fsp3) is 0.550. The molecule has 0 heterocycles. The lowest BCUT2D eigenvalue weighted by Gasteiger charge is -2.21. The Morgan fingerprint density at radius 3 is 2.19 bits per heavy atom. The molecular formula is C20H29NO6. The summed E-state index contributed by atoms with van der Waals surface area (Å²) >= 11 is 0. The number of nitrogens with one attached hydrogen (secondary N) is 1. The molecule has 0 unspecified atom stereocenters. The molecule has 0 fully saturated rings. The second kappa shape index (κ2) is 11.2. The minimum atomic E-state index is -0.776. The summed E-state index contributed by atoms with van der Waals surface area (Å²) in [6.45, 7) is 7.11. The second-order valence-corrected chi connectivity index (χ2v) is 6.63. The predicted molar refractivity (Wildman–Crippen MR) is 100 cm³/mol. The van der Waals surface area contributed by atoms with Gasteiger partial charge in [0.05, 0.1) is 7.11 Å². The van der Waals surface area contributed by atoms with E-state index >= 15 is 0 Å². The molecular weight excluding hydrogens is 350 g/mol. The van der Waals surface area contributed by atoms with Crippen LogP contribution >= 0.6 is 0 Å². The minimum absolute atomic E-state index is 0.103. The average Bonchev–Trinajstić information content (AvgIpc) is 2.67. The van der Waals surface area contributed by atoms with Gasteiger partial charge in [0.1, 0.15) is 11.8 Å². The monoisotopic (exact) mass is 379 g/mol. The van der Waals surface area contributed by atoms with Crippen LogP contribution in [0.3, 0.4) is 0 Å². The smallest absolute Gasteiger partial charge is 0.344 e. The summed E-state index contributed by atoms with van der Waals surface area (Å²) in [5.74, 6) is -0.918. The van der Waals surface area contributed by atoms with Gasteiger partial charge in [0.25, 0.3) is 5.91 Å². The zero-order valence-electron chi connectivity index (χ0n) is 16.6. The summed E-state index contributed by atoms with van der Waals surface area (Å²) in [6.07, 6.45) is 0.684. The number of amides is 1. The number of hydrogen-bond acceptors (Lipinski definition) is 6. The van der Waals surface area contributed by atoms with Gasteiger partial charge in [-0.05, 0) is 29.5 Å². The molecule has 0 aliphatic rings. The highest BCUT2D eigenvalue weighted by Gasteiger charge is 2.26. The molecule has 0 spiro atoms. The van der Waals surface area contributed by atoms with Gasteiger partial charge in [-0.1, -0.05) is 46.2 Å². The molecule has 1 rings (SSSR count). The molecule has 0 saturated carbocycles. The number of benzene rings is 1. The van der Waals surface area contributed by atoms with E-state index in [0.717, 1.165) is 0 Å². The lowest BCUT2D eigenvalue weighted by Crippen LogP contribution is -2.47. The number of hydrogen-bond donors (Lipinski definition) is 1. The van der Waals surface area contributed by atoms with Crippen LogP contribution in [0.25, 0.3) is 0 Å². The number of esters is 2. The molecule has 2 atom stereocenters. The molecule has 1 aromatic carbocycles. The maximum absolute atomic E-state index is 11.9.